The summed E-state index contributed by atoms with van der Waals surface area (Å²) >= 11 is 5.76. The van der Waals surface area contributed by atoms with Gasteiger partial charge in [0.15, 0.2) is 11.6 Å². The molecule has 0 unspecified atom stereocenters. The molecular weight excluding hydrogens is 545 g/mol. The van der Waals surface area contributed by atoms with Gasteiger partial charge in [0.25, 0.3) is 0 Å². The molecule has 0 aliphatic carbocycles. The van der Waals surface area contributed by atoms with Crippen LogP contribution in [0.1, 0.15) is 12.0 Å². The predicted octanol–water partition coefficient (Wildman–Crippen LogP) is 4.44. The molecule has 146 valence electrons. The number of benzene rings is 2. The molecule has 2 aromatic rings. The first kappa shape index (κ1) is 18.8. The highest BCUT2D eigenvalue weighted by Gasteiger charge is 2.27. The smallest absolute Gasteiger partial charge is 0.331 e. The van der Waals surface area contributed by atoms with E-state index in [1.807, 2.05) is 42.5 Å². The Morgan fingerprint density at radius 1 is 1.14 bits per heavy atom. The van der Waals surface area contributed by atoms with Crippen LogP contribution in [-0.4, -0.2) is 25.6 Å². The SMILES string of the molecule is O=c1n(Cc2cccc(I)c2)c2nc(-c3ccc(Br)cc3)nc-2c2n1CCCN2. The van der Waals surface area contributed by atoms with Gasteiger partial charge in [0, 0.05) is 26.7 Å². The van der Waals surface area contributed by atoms with Crippen molar-refractivity contribution in [3.05, 3.63) is 72.6 Å². The van der Waals surface area contributed by atoms with Gasteiger partial charge in [-0.25, -0.2) is 14.8 Å². The highest BCUT2D eigenvalue weighted by Crippen LogP contribution is 2.32. The second kappa shape index (κ2) is 7.56. The topological polar surface area (TPSA) is 64.7 Å². The van der Waals surface area contributed by atoms with Crippen molar-refractivity contribution in [3.8, 4) is 22.9 Å². The van der Waals surface area contributed by atoms with E-state index < -0.39 is 0 Å². The lowest BCUT2D eigenvalue weighted by Gasteiger charge is -2.24. The molecule has 0 amide bonds. The first-order valence-electron chi connectivity index (χ1n) is 9.35. The molecule has 6 nitrogen and oxygen atoms in total. The normalized spacial score (nSPS) is 13.3. The molecule has 0 saturated heterocycles. The first-order valence-corrected chi connectivity index (χ1v) is 11.2. The Balaban J connectivity index is 1.72. The standard InChI is InChI=1S/C21H17BrIN5O/c22-15-7-5-14(6-8-15)18-25-17-19-24-9-2-10-27(19)21(29)28(20(17)26-18)12-13-3-1-4-16(23)11-13/h1,3-8,11,24H,2,9-10,12H2. The zero-order chi connectivity index (χ0) is 20.0. The summed E-state index contributed by atoms with van der Waals surface area (Å²) in [6, 6.07) is 16.1. The van der Waals surface area contributed by atoms with Crippen LogP contribution in [0, 0.1) is 3.57 Å². The third kappa shape index (κ3) is 3.48. The Bertz CT molecular complexity index is 1230. The van der Waals surface area contributed by atoms with E-state index in [0.29, 0.717) is 24.7 Å². The number of hydrogen-bond donors (Lipinski definition) is 1. The summed E-state index contributed by atoms with van der Waals surface area (Å²) in [6.45, 7) is 1.98. The first-order chi connectivity index (χ1) is 14.1. The lowest BCUT2D eigenvalue weighted by atomic mass is 10.2. The van der Waals surface area contributed by atoms with Gasteiger partial charge in [-0.15, -0.1) is 0 Å². The zero-order valence-corrected chi connectivity index (χ0v) is 19.1. The van der Waals surface area contributed by atoms with E-state index in [4.69, 9.17) is 9.97 Å². The van der Waals surface area contributed by atoms with Crippen molar-refractivity contribution < 1.29 is 0 Å². The third-order valence-corrected chi connectivity index (χ3v) is 6.24. The van der Waals surface area contributed by atoms with E-state index in [9.17, 15) is 4.79 Å². The molecule has 8 heteroatoms. The van der Waals surface area contributed by atoms with Crippen LogP contribution >= 0.6 is 38.5 Å². The molecular formula is C21H17BrIN5O. The zero-order valence-electron chi connectivity index (χ0n) is 15.4. The molecule has 0 atom stereocenters. The van der Waals surface area contributed by atoms with Crippen molar-refractivity contribution in [1.29, 1.82) is 0 Å². The van der Waals surface area contributed by atoms with Crippen molar-refractivity contribution >= 4 is 44.3 Å². The maximum Gasteiger partial charge on any atom is 0.331 e. The van der Waals surface area contributed by atoms with Crippen LogP contribution in [0.5, 0.6) is 0 Å². The van der Waals surface area contributed by atoms with Crippen molar-refractivity contribution in [2.75, 3.05) is 11.9 Å². The molecule has 0 fully saturated rings. The number of fused-ring (bicyclic) bond motifs is 3. The van der Waals surface area contributed by atoms with Crippen molar-refractivity contribution in [3.63, 3.8) is 0 Å². The Labute approximate surface area is 189 Å². The summed E-state index contributed by atoms with van der Waals surface area (Å²) in [4.78, 5) is 22.9. The van der Waals surface area contributed by atoms with Gasteiger partial charge in [-0.05, 0) is 58.8 Å². The largest absolute Gasteiger partial charge is 0.369 e. The predicted molar refractivity (Wildman–Crippen MR) is 125 cm³/mol. The van der Waals surface area contributed by atoms with Gasteiger partial charge >= 0.3 is 5.69 Å². The van der Waals surface area contributed by atoms with Gasteiger partial charge in [0.1, 0.15) is 11.5 Å². The second-order valence-corrected chi connectivity index (χ2v) is 9.17. The molecule has 1 N–H and O–H groups in total. The number of halogens is 2. The summed E-state index contributed by atoms with van der Waals surface area (Å²) < 4.78 is 5.68. The van der Waals surface area contributed by atoms with Gasteiger partial charge in [0.2, 0.25) is 0 Å². The minimum absolute atomic E-state index is 0.0548. The van der Waals surface area contributed by atoms with Gasteiger partial charge in [0.05, 0.1) is 6.54 Å². The van der Waals surface area contributed by atoms with Crippen LogP contribution in [-0.2, 0) is 13.1 Å². The minimum Gasteiger partial charge on any atom is -0.369 e. The van der Waals surface area contributed by atoms with Crippen molar-refractivity contribution in [2.45, 2.75) is 19.5 Å². The lowest BCUT2D eigenvalue weighted by Crippen LogP contribution is -2.37. The average molecular weight is 562 g/mol. The van der Waals surface area contributed by atoms with E-state index >= 15 is 0 Å². The summed E-state index contributed by atoms with van der Waals surface area (Å²) in [5.41, 5.74) is 2.68. The minimum atomic E-state index is -0.0548. The fourth-order valence-corrected chi connectivity index (χ4v) is 4.53. The number of rotatable bonds is 3. The summed E-state index contributed by atoms with van der Waals surface area (Å²) in [5, 5.41) is 3.36. The number of imidazole rings is 1. The van der Waals surface area contributed by atoms with Crippen molar-refractivity contribution in [2.24, 2.45) is 0 Å². The van der Waals surface area contributed by atoms with E-state index in [1.54, 1.807) is 9.13 Å². The van der Waals surface area contributed by atoms with E-state index in [1.165, 1.54) is 0 Å². The number of aromatic nitrogens is 4. The monoisotopic (exact) mass is 561 g/mol. The number of nitrogens with one attached hydrogen (secondary N) is 1. The summed E-state index contributed by atoms with van der Waals surface area (Å²) in [7, 11) is 0. The quantitative estimate of drug-likeness (QED) is 0.376. The molecule has 2 aromatic carbocycles. The Morgan fingerprint density at radius 3 is 2.76 bits per heavy atom. The summed E-state index contributed by atoms with van der Waals surface area (Å²) in [6.07, 6.45) is 0.912. The van der Waals surface area contributed by atoms with Crippen LogP contribution in [0.4, 0.5) is 5.82 Å². The average Bonchev–Trinajstić information content (AvgIpc) is 3.17. The maximum atomic E-state index is 13.3. The Morgan fingerprint density at radius 2 is 1.97 bits per heavy atom. The van der Waals surface area contributed by atoms with Crippen molar-refractivity contribution in [1.82, 2.24) is 19.1 Å². The van der Waals surface area contributed by atoms with Crippen LogP contribution in [0.25, 0.3) is 22.9 Å². The van der Waals surface area contributed by atoms with E-state index in [-0.39, 0.29) is 5.69 Å². The van der Waals surface area contributed by atoms with Gasteiger partial charge in [-0.2, -0.15) is 0 Å². The molecule has 3 aliphatic rings. The molecule has 29 heavy (non-hydrogen) atoms. The molecule has 3 heterocycles. The second-order valence-electron chi connectivity index (χ2n) is 7.01. The number of anilines is 1. The molecule has 5 rings (SSSR count). The molecule has 0 bridgehead atoms. The van der Waals surface area contributed by atoms with Gasteiger partial charge < -0.3 is 5.32 Å². The van der Waals surface area contributed by atoms with Crippen LogP contribution in [0.15, 0.2) is 57.8 Å². The number of hydrogen-bond acceptors (Lipinski definition) is 4. The van der Waals surface area contributed by atoms with Gasteiger partial charge in [-0.3, -0.25) is 9.13 Å². The highest BCUT2D eigenvalue weighted by molar-refractivity contribution is 14.1. The van der Waals surface area contributed by atoms with Crippen LogP contribution < -0.4 is 11.0 Å². The highest BCUT2D eigenvalue weighted by atomic mass is 127. The number of nitrogens with zero attached hydrogens (tertiary/aromatic N) is 4. The molecule has 0 saturated carbocycles. The maximum absolute atomic E-state index is 13.3. The fourth-order valence-electron chi connectivity index (χ4n) is 3.66. The molecule has 0 radical (unpaired) electrons. The summed E-state index contributed by atoms with van der Waals surface area (Å²) in [5.74, 6) is 2.02. The molecule has 0 spiro atoms. The van der Waals surface area contributed by atoms with Crippen LogP contribution in [0.2, 0.25) is 0 Å². The Kier molecular flexibility index (Phi) is 4.91. The lowest BCUT2D eigenvalue weighted by molar-refractivity contribution is 0.554. The third-order valence-electron chi connectivity index (χ3n) is 5.04. The fraction of sp³-hybridized carbons (Fsp3) is 0.190. The van der Waals surface area contributed by atoms with E-state index in [2.05, 4.69) is 49.9 Å². The Hall–Kier alpha value is -2.20. The van der Waals surface area contributed by atoms with Gasteiger partial charge in [-0.1, -0.05) is 40.2 Å². The van der Waals surface area contributed by atoms with E-state index in [0.717, 1.165) is 43.6 Å². The molecule has 3 aliphatic heterocycles. The molecule has 0 aromatic heterocycles. The van der Waals surface area contributed by atoms with Crippen LogP contribution in [0.3, 0.4) is 0 Å².